The summed E-state index contributed by atoms with van der Waals surface area (Å²) in [4.78, 5) is 20.0. The Kier molecular flexibility index (Phi) is 8.27. The Morgan fingerprint density at radius 2 is 2.04 bits per heavy atom. The second-order valence-corrected chi connectivity index (χ2v) is 6.35. The van der Waals surface area contributed by atoms with Gasteiger partial charge in [-0.2, -0.15) is 0 Å². The van der Waals surface area contributed by atoms with Gasteiger partial charge in [-0.25, -0.2) is 4.99 Å². The highest BCUT2D eigenvalue weighted by atomic mass is 16.5. The van der Waals surface area contributed by atoms with Crippen molar-refractivity contribution in [2.24, 2.45) is 4.99 Å². The SMILES string of the molecule is CN(C)C(=O)CN=C(NCCN1CCOCC1)NCC1CCCO1. The standard InChI is InChI=1S/C16H31N5O3/c1-20(2)15(22)13-19-16(18-12-14-4-3-9-24-14)17-5-6-21-7-10-23-11-8-21/h14H,3-13H2,1-2H3,(H2,17,18,19). The summed E-state index contributed by atoms with van der Waals surface area (Å²) in [6.45, 7) is 6.96. The van der Waals surface area contributed by atoms with E-state index in [4.69, 9.17) is 9.47 Å². The summed E-state index contributed by atoms with van der Waals surface area (Å²) >= 11 is 0. The van der Waals surface area contributed by atoms with Crippen LogP contribution in [0.5, 0.6) is 0 Å². The Morgan fingerprint density at radius 3 is 2.71 bits per heavy atom. The number of carbonyl (C=O) groups excluding carboxylic acids is 1. The van der Waals surface area contributed by atoms with Gasteiger partial charge in [0.25, 0.3) is 0 Å². The van der Waals surface area contributed by atoms with Crippen LogP contribution in [0.2, 0.25) is 0 Å². The number of ether oxygens (including phenoxy) is 2. The Labute approximate surface area is 144 Å². The van der Waals surface area contributed by atoms with E-state index in [0.29, 0.717) is 5.96 Å². The number of carbonyl (C=O) groups is 1. The minimum Gasteiger partial charge on any atom is -0.379 e. The van der Waals surface area contributed by atoms with Gasteiger partial charge in [-0.05, 0) is 12.8 Å². The van der Waals surface area contributed by atoms with Crippen molar-refractivity contribution in [2.75, 3.05) is 73.2 Å². The van der Waals surface area contributed by atoms with Crippen molar-refractivity contribution in [2.45, 2.75) is 18.9 Å². The first-order valence-corrected chi connectivity index (χ1v) is 8.79. The number of likely N-dealkylation sites (N-methyl/N-ethyl adjacent to an activating group) is 1. The molecule has 0 aliphatic carbocycles. The molecule has 0 saturated carbocycles. The summed E-state index contributed by atoms with van der Waals surface area (Å²) in [6, 6.07) is 0. The molecule has 0 bridgehead atoms. The third-order valence-corrected chi connectivity index (χ3v) is 4.22. The molecule has 0 aromatic heterocycles. The van der Waals surface area contributed by atoms with Gasteiger partial charge in [0.05, 0.1) is 19.3 Å². The fraction of sp³-hybridized carbons (Fsp3) is 0.875. The molecule has 2 saturated heterocycles. The number of aliphatic imine (C=N–C) groups is 1. The lowest BCUT2D eigenvalue weighted by atomic mass is 10.2. The monoisotopic (exact) mass is 341 g/mol. The highest BCUT2D eigenvalue weighted by Gasteiger charge is 2.16. The van der Waals surface area contributed by atoms with Crippen molar-refractivity contribution in [1.29, 1.82) is 0 Å². The predicted molar refractivity (Wildman–Crippen MR) is 93.2 cm³/mol. The Balaban J connectivity index is 1.76. The first-order valence-electron chi connectivity index (χ1n) is 8.79. The van der Waals surface area contributed by atoms with Gasteiger partial charge < -0.3 is 25.0 Å². The normalized spacial score (nSPS) is 22.4. The molecular weight excluding hydrogens is 310 g/mol. The maximum Gasteiger partial charge on any atom is 0.243 e. The number of hydrogen-bond donors (Lipinski definition) is 2. The van der Waals surface area contributed by atoms with Gasteiger partial charge in [0.15, 0.2) is 5.96 Å². The van der Waals surface area contributed by atoms with Crippen LogP contribution in [-0.2, 0) is 14.3 Å². The molecule has 1 amide bonds. The van der Waals surface area contributed by atoms with Crippen LogP contribution >= 0.6 is 0 Å². The topological polar surface area (TPSA) is 78.4 Å². The van der Waals surface area contributed by atoms with Crippen LogP contribution in [0.15, 0.2) is 4.99 Å². The van der Waals surface area contributed by atoms with Crippen LogP contribution in [-0.4, -0.2) is 101 Å². The van der Waals surface area contributed by atoms with E-state index in [1.54, 1.807) is 19.0 Å². The summed E-state index contributed by atoms with van der Waals surface area (Å²) in [6.07, 6.45) is 2.42. The Morgan fingerprint density at radius 1 is 1.25 bits per heavy atom. The average Bonchev–Trinajstić information content (AvgIpc) is 3.10. The lowest BCUT2D eigenvalue weighted by molar-refractivity contribution is -0.127. The number of nitrogens with one attached hydrogen (secondary N) is 2. The molecule has 0 aromatic carbocycles. The van der Waals surface area contributed by atoms with E-state index in [1.165, 1.54) is 0 Å². The van der Waals surface area contributed by atoms with Gasteiger partial charge in [-0.15, -0.1) is 0 Å². The minimum atomic E-state index is -0.0126. The van der Waals surface area contributed by atoms with E-state index in [9.17, 15) is 4.79 Å². The number of morpholine rings is 1. The zero-order chi connectivity index (χ0) is 17.2. The fourth-order valence-corrected chi connectivity index (χ4v) is 2.64. The molecule has 0 spiro atoms. The molecule has 2 aliphatic rings. The molecule has 8 nitrogen and oxygen atoms in total. The van der Waals surface area contributed by atoms with E-state index in [0.717, 1.165) is 65.4 Å². The molecule has 0 aromatic rings. The zero-order valence-electron chi connectivity index (χ0n) is 14.9. The van der Waals surface area contributed by atoms with Crippen LogP contribution in [0.3, 0.4) is 0 Å². The van der Waals surface area contributed by atoms with Gasteiger partial charge >= 0.3 is 0 Å². The minimum absolute atomic E-state index is 0.0126. The van der Waals surface area contributed by atoms with Crippen LogP contribution in [0, 0.1) is 0 Å². The van der Waals surface area contributed by atoms with Gasteiger partial charge in [-0.1, -0.05) is 0 Å². The molecule has 8 heteroatoms. The third kappa shape index (κ3) is 7.02. The summed E-state index contributed by atoms with van der Waals surface area (Å²) in [5.41, 5.74) is 0. The van der Waals surface area contributed by atoms with Gasteiger partial charge in [0.1, 0.15) is 6.54 Å². The van der Waals surface area contributed by atoms with E-state index in [2.05, 4.69) is 20.5 Å². The van der Waals surface area contributed by atoms with Gasteiger partial charge in [0, 0.05) is 53.4 Å². The van der Waals surface area contributed by atoms with Crippen LogP contribution in [0.25, 0.3) is 0 Å². The highest BCUT2D eigenvalue weighted by Crippen LogP contribution is 2.10. The van der Waals surface area contributed by atoms with E-state index in [1.807, 2.05) is 0 Å². The van der Waals surface area contributed by atoms with Crippen LogP contribution in [0.1, 0.15) is 12.8 Å². The molecule has 138 valence electrons. The number of rotatable bonds is 7. The largest absolute Gasteiger partial charge is 0.379 e. The van der Waals surface area contributed by atoms with Crippen molar-refractivity contribution >= 4 is 11.9 Å². The predicted octanol–water partition coefficient (Wildman–Crippen LogP) is -0.879. The molecular formula is C16H31N5O3. The summed E-state index contributed by atoms with van der Waals surface area (Å²) in [5, 5.41) is 6.61. The number of amides is 1. The second kappa shape index (κ2) is 10.5. The maximum atomic E-state index is 11.7. The summed E-state index contributed by atoms with van der Waals surface area (Å²) < 4.78 is 11.0. The summed E-state index contributed by atoms with van der Waals surface area (Å²) in [7, 11) is 3.48. The molecule has 2 fully saturated rings. The van der Waals surface area contributed by atoms with Crippen molar-refractivity contribution in [1.82, 2.24) is 20.4 Å². The number of hydrogen-bond acceptors (Lipinski definition) is 5. The van der Waals surface area contributed by atoms with E-state index >= 15 is 0 Å². The van der Waals surface area contributed by atoms with Crippen molar-refractivity contribution in [3.63, 3.8) is 0 Å². The summed E-state index contributed by atoms with van der Waals surface area (Å²) in [5.74, 6) is 0.662. The quantitative estimate of drug-likeness (QED) is 0.463. The molecule has 2 heterocycles. The van der Waals surface area contributed by atoms with Crippen molar-refractivity contribution in [3.8, 4) is 0 Å². The van der Waals surface area contributed by atoms with E-state index in [-0.39, 0.29) is 18.6 Å². The zero-order valence-corrected chi connectivity index (χ0v) is 14.9. The molecule has 24 heavy (non-hydrogen) atoms. The number of nitrogens with zero attached hydrogens (tertiary/aromatic N) is 3. The lowest BCUT2D eigenvalue weighted by Crippen LogP contribution is -2.46. The molecule has 1 unspecified atom stereocenters. The Hall–Kier alpha value is -1.38. The van der Waals surface area contributed by atoms with Gasteiger partial charge in [-0.3, -0.25) is 9.69 Å². The second-order valence-electron chi connectivity index (χ2n) is 6.35. The smallest absolute Gasteiger partial charge is 0.243 e. The first-order chi connectivity index (χ1) is 11.6. The maximum absolute atomic E-state index is 11.7. The molecule has 1 atom stereocenters. The van der Waals surface area contributed by atoms with Crippen LogP contribution in [0.4, 0.5) is 0 Å². The third-order valence-electron chi connectivity index (χ3n) is 4.22. The molecule has 2 aliphatic heterocycles. The fourth-order valence-electron chi connectivity index (χ4n) is 2.64. The van der Waals surface area contributed by atoms with Crippen molar-refractivity contribution in [3.05, 3.63) is 0 Å². The number of guanidine groups is 1. The average molecular weight is 341 g/mol. The Bertz CT molecular complexity index is 405. The van der Waals surface area contributed by atoms with Gasteiger partial charge in [0.2, 0.25) is 5.91 Å². The lowest BCUT2D eigenvalue weighted by Gasteiger charge is -2.27. The molecule has 0 radical (unpaired) electrons. The molecule has 2 rings (SSSR count). The van der Waals surface area contributed by atoms with Crippen LogP contribution < -0.4 is 10.6 Å². The van der Waals surface area contributed by atoms with E-state index < -0.39 is 0 Å². The highest BCUT2D eigenvalue weighted by molar-refractivity contribution is 5.84. The van der Waals surface area contributed by atoms with Crippen molar-refractivity contribution < 1.29 is 14.3 Å². The first kappa shape index (κ1) is 19.0. The molecule has 2 N–H and O–H groups in total.